The van der Waals surface area contributed by atoms with Crippen molar-refractivity contribution in [1.82, 2.24) is 0 Å². The van der Waals surface area contributed by atoms with E-state index in [9.17, 15) is 0 Å². The van der Waals surface area contributed by atoms with E-state index < -0.39 is 0 Å². The van der Waals surface area contributed by atoms with Crippen molar-refractivity contribution in [1.29, 1.82) is 0 Å². The van der Waals surface area contributed by atoms with Gasteiger partial charge in [0.15, 0.2) is 0 Å². The average molecular weight is 262 g/mol. The van der Waals surface area contributed by atoms with Crippen molar-refractivity contribution < 1.29 is 0 Å². The number of hydrogen-bond donors (Lipinski definition) is 0. The molecule has 0 aliphatic carbocycles. The molecule has 0 aromatic rings. The van der Waals surface area contributed by atoms with Crippen molar-refractivity contribution in [3.05, 3.63) is 12.2 Å². The van der Waals surface area contributed by atoms with Crippen LogP contribution in [0, 0.1) is 18.3 Å². The Morgan fingerprint density at radius 1 is 0.895 bits per heavy atom. The van der Waals surface area contributed by atoms with E-state index in [0.717, 1.165) is 6.42 Å². The Balaban J connectivity index is 3.07. The highest BCUT2D eigenvalue weighted by Crippen LogP contribution is 2.17. The van der Waals surface area contributed by atoms with E-state index in [1.54, 1.807) is 0 Å². The first-order valence-electron chi connectivity index (χ1n) is 8.27. The Kier molecular flexibility index (Phi) is 13.2. The lowest BCUT2D eigenvalue weighted by molar-refractivity contribution is 0.516. The van der Waals surface area contributed by atoms with Crippen molar-refractivity contribution in [3.8, 4) is 12.3 Å². The molecular formula is C19H34. The zero-order valence-electron chi connectivity index (χ0n) is 13.3. The van der Waals surface area contributed by atoms with Crippen LogP contribution >= 0.6 is 0 Å². The van der Waals surface area contributed by atoms with Gasteiger partial charge in [-0.3, -0.25) is 0 Å². The Bertz CT molecular complexity index is 243. The highest BCUT2D eigenvalue weighted by atomic mass is 14.1. The van der Waals surface area contributed by atoms with Crippen LogP contribution in [0.2, 0.25) is 0 Å². The Morgan fingerprint density at radius 3 is 1.74 bits per heavy atom. The third-order valence-electron chi connectivity index (χ3n) is 4.05. The van der Waals surface area contributed by atoms with Gasteiger partial charge in [-0.1, -0.05) is 76.9 Å². The summed E-state index contributed by atoms with van der Waals surface area (Å²) in [7, 11) is 0. The molecule has 0 aromatic carbocycles. The number of allylic oxidation sites excluding steroid dienone is 1. The maximum Gasteiger partial charge on any atom is 0.00860 e. The largest absolute Gasteiger partial charge is 0.120 e. The van der Waals surface area contributed by atoms with Gasteiger partial charge in [-0.25, -0.2) is 0 Å². The van der Waals surface area contributed by atoms with Crippen LogP contribution in [-0.4, -0.2) is 0 Å². The molecule has 0 fully saturated rings. The van der Waals surface area contributed by atoms with Gasteiger partial charge in [-0.15, -0.1) is 12.3 Å². The predicted molar refractivity (Wildman–Crippen MR) is 88.2 cm³/mol. The second kappa shape index (κ2) is 13.7. The molecular weight excluding hydrogens is 228 g/mol. The summed E-state index contributed by atoms with van der Waals surface area (Å²) in [5.74, 6) is 3.42. The molecule has 0 amide bonds. The first-order chi connectivity index (χ1) is 9.18. The summed E-state index contributed by atoms with van der Waals surface area (Å²) >= 11 is 0. The summed E-state index contributed by atoms with van der Waals surface area (Å²) in [5.41, 5.74) is 1.34. The van der Waals surface area contributed by atoms with Crippen molar-refractivity contribution in [2.24, 2.45) is 5.92 Å². The summed E-state index contributed by atoms with van der Waals surface area (Å²) in [5, 5.41) is 0. The van der Waals surface area contributed by atoms with Crippen molar-refractivity contribution in [2.45, 2.75) is 90.9 Å². The van der Waals surface area contributed by atoms with Gasteiger partial charge in [0.05, 0.1) is 0 Å². The van der Waals surface area contributed by atoms with Crippen LogP contribution in [-0.2, 0) is 0 Å². The molecule has 0 rings (SSSR count). The first-order valence-corrected chi connectivity index (χ1v) is 8.27. The topological polar surface area (TPSA) is 0 Å². The molecule has 1 atom stereocenters. The SMILES string of the molecule is C#CCCCCCCCCCCCCC(C)C(=C)C. The fraction of sp³-hybridized carbons (Fsp3) is 0.789. The van der Waals surface area contributed by atoms with Gasteiger partial charge < -0.3 is 0 Å². The zero-order chi connectivity index (χ0) is 14.3. The third kappa shape index (κ3) is 13.5. The normalized spacial score (nSPS) is 12.1. The van der Waals surface area contributed by atoms with Crippen LogP contribution in [0.3, 0.4) is 0 Å². The molecule has 0 bridgehead atoms. The third-order valence-corrected chi connectivity index (χ3v) is 4.05. The Hall–Kier alpha value is -0.700. The molecule has 0 heterocycles. The lowest BCUT2D eigenvalue weighted by Gasteiger charge is -2.10. The number of terminal acetylenes is 1. The second-order valence-corrected chi connectivity index (χ2v) is 6.03. The van der Waals surface area contributed by atoms with Crippen LogP contribution in [0.5, 0.6) is 0 Å². The summed E-state index contributed by atoms with van der Waals surface area (Å²) < 4.78 is 0. The van der Waals surface area contributed by atoms with E-state index in [4.69, 9.17) is 6.42 Å². The summed E-state index contributed by atoms with van der Waals surface area (Å²) in [6.07, 6.45) is 21.3. The van der Waals surface area contributed by atoms with Crippen LogP contribution in [0.25, 0.3) is 0 Å². The summed E-state index contributed by atoms with van der Waals surface area (Å²) in [6.45, 7) is 8.46. The van der Waals surface area contributed by atoms with Gasteiger partial charge in [-0.2, -0.15) is 0 Å². The van der Waals surface area contributed by atoms with Crippen LogP contribution in [0.1, 0.15) is 90.9 Å². The van der Waals surface area contributed by atoms with E-state index in [1.807, 2.05) is 0 Å². The minimum Gasteiger partial charge on any atom is -0.120 e. The highest BCUT2D eigenvalue weighted by molar-refractivity contribution is 4.93. The molecule has 0 spiro atoms. The van der Waals surface area contributed by atoms with Crippen molar-refractivity contribution >= 4 is 0 Å². The van der Waals surface area contributed by atoms with Crippen LogP contribution < -0.4 is 0 Å². The summed E-state index contributed by atoms with van der Waals surface area (Å²) in [4.78, 5) is 0. The van der Waals surface area contributed by atoms with E-state index in [0.29, 0.717) is 5.92 Å². The molecule has 0 aromatic heterocycles. The van der Waals surface area contributed by atoms with Gasteiger partial charge in [0.1, 0.15) is 0 Å². The molecule has 19 heavy (non-hydrogen) atoms. The smallest absolute Gasteiger partial charge is 0.00860 e. The fourth-order valence-electron chi connectivity index (χ4n) is 2.34. The summed E-state index contributed by atoms with van der Waals surface area (Å²) in [6, 6.07) is 0. The molecule has 110 valence electrons. The predicted octanol–water partition coefficient (Wildman–Crippen LogP) is 6.51. The fourth-order valence-corrected chi connectivity index (χ4v) is 2.34. The standard InChI is InChI=1S/C19H34/c1-5-6-7-8-9-10-11-12-13-14-15-16-17-19(4)18(2)3/h1,19H,2,6-17H2,3-4H3. The van der Waals surface area contributed by atoms with E-state index in [1.165, 1.54) is 76.2 Å². The number of unbranched alkanes of at least 4 members (excludes halogenated alkanes) is 10. The zero-order valence-corrected chi connectivity index (χ0v) is 13.3. The molecule has 0 nitrogen and oxygen atoms in total. The van der Waals surface area contributed by atoms with Gasteiger partial charge in [0.25, 0.3) is 0 Å². The molecule has 0 N–H and O–H groups in total. The lowest BCUT2D eigenvalue weighted by Crippen LogP contribution is -1.94. The molecule has 0 saturated heterocycles. The van der Waals surface area contributed by atoms with Gasteiger partial charge in [0, 0.05) is 6.42 Å². The van der Waals surface area contributed by atoms with Crippen LogP contribution in [0.15, 0.2) is 12.2 Å². The highest BCUT2D eigenvalue weighted by Gasteiger charge is 2.01. The second-order valence-electron chi connectivity index (χ2n) is 6.03. The van der Waals surface area contributed by atoms with E-state index in [2.05, 4.69) is 26.3 Å². The van der Waals surface area contributed by atoms with E-state index >= 15 is 0 Å². The average Bonchev–Trinajstić information content (AvgIpc) is 2.39. The number of hydrogen-bond acceptors (Lipinski definition) is 0. The van der Waals surface area contributed by atoms with E-state index in [-0.39, 0.29) is 0 Å². The van der Waals surface area contributed by atoms with Crippen molar-refractivity contribution in [2.75, 3.05) is 0 Å². The minimum absolute atomic E-state index is 0.711. The molecule has 0 radical (unpaired) electrons. The molecule has 0 heteroatoms. The molecule has 0 saturated carbocycles. The van der Waals surface area contributed by atoms with Crippen molar-refractivity contribution in [3.63, 3.8) is 0 Å². The first kappa shape index (κ1) is 18.3. The maximum absolute atomic E-state index is 5.23. The van der Waals surface area contributed by atoms with Gasteiger partial charge in [0.2, 0.25) is 0 Å². The minimum atomic E-state index is 0.711. The van der Waals surface area contributed by atoms with Gasteiger partial charge >= 0.3 is 0 Å². The maximum atomic E-state index is 5.23. The monoisotopic (exact) mass is 262 g/mol. The van der Waals surface area contributed by atoms with Gasteiger partial charge in [-0.05, 0) is 25.7 Å². The molecule has 0 aliphatic heterocycles. The Labute approximate surface area is 122 Å². The van der Waals surface area contributed by atoms with Crippen LogP contribution in [0.4, 0.5) is 0 Å². The Morgan fingerprint density at radius 2 is 1.32 bits per heavy atom. The lowest BCUT2D eigenvalue weighted by atomic mass is 9.96. The molecule has 0 aliphatic rings. The number of rotatable bonds is 13. The molecule has 1 unspecified atom stereocenters. The quantitative estimate of drug-likeness (QED) is 0.201.